The molecule has 4 rings (SSSR count). The average Bonchev–Trinajstić information content (AvgIpc) is 3.00. The van der Waals surface area contributed by atoms with E-state index in [2.05, 4.69) is 36.2 Å². The predicted octanol–water partition coefficient (Wildman–Crippen LogP) is 3.66. The van der Waals surface area contributed by atoms with Crippen molar-refractivity contribution in [3.8, 4) is 5.75 Å². The van der Waals surface area contributed by atoms with Crippen molar-refractivity contribution in [2.24, 2.45) is 11.8 Å². The SMILES string of the molecule is CC[C@@H]1CN2CC[C@]3(O)c4c(ccc(C)c4OC)N[C@@H]3[C@@H]2C[C@@H]1/C(C)=C\OC. The van der Waals surface area contributed by atoms with Crippen molar-refractivity contribution in [3.05, 3.63) is 35.1 Å². The summed E-state index contributed by atoms with van der Waals surface area (Å²) < 4.78 is 11.1. The second-order valence-corrected chi connectivity index (χ2v) is 8.80. The molecule has 1 aromatic carbocycles. The Morgan fingerprint density at radius 3 is 2.86 bits per heavy atom. The number of anilines is 1. The first-order chi connectivity index (χ1) is 13.4. The van der Waals surface area contributed by atoms with Gasteiger partial charge in [-0.2, -0.15) is 0 Å². The molecular weight excluding hydrogens is 352 g/mol. The molecule has 2 saturated heterocycles. The molecule has 0 aromatic heterocycles. The molecule has 0 spiro atoms. The standard InChI is InChI=1S/C23H34N2O3/c1-6-16-12-25-10-9-23(26)20-18(8-7-14(2)21(20)28-5)24-22(23)19(25)11-17(16)15(3)13-27-4/h7-8,13,16-17,19,22,24,26H,6,9-12H2,1-5H3/b15-13-/t16-,17-,19+,22-,23+/m1/s1. The molecule has 3 aliphatic rings. The Morgan fingerprint density at radius 1 is 1.39 bits per heavy atom. The zero-order valence-corrected chi connectivity index (χ0v) is 17.8. The largest absolute Gasteiger partial charge is 0.504 e. The predicted molar refractivity (Wildman–Crippen MR) is 112 cm³/mol. The molecule has 5 heteroatoms. The number of hydrogen-bond donors (Lipinski definition) is 2. The maximum absolute atomic E-state index is 11.9. The Balaban J connectivity index is 1.70. The number of hydrogen-bond acceptors (Lipinski definition) is 5. The minimum Gasteiger partial charge on any atom is -0.504 e. The van der Waals surface area contributed by atoms with E-state index in [1.807, 2.05) is 13.2 Å². The van der Waals surface area contributed by atoms with Crippen LogP contribution in [0.2, 0.25) is 0 Å². The van der Waals surface area contributed by atoms with E-state index in [0.717, 1.165) is 48.5 Å². The van der Waals surface area contributed by atoms with Crippen molar-refractivity contribution < 1.29 is 14.6 Å². The number of nitrogens with zero attached hydrogens (tertiary/aromatic N) is 1. The zero-order valence-electron chi connectivity index (χ0n) is 17.8. The van der Waals surface area contributed by atoms with Crippen LogP contribution in [0.15, 0.2) is 24.0 Å². The molecule has 3 heterocycles. The van der Waals surface area contributed by atoms with Crippen LogP contribution in [-0.4, -0.2) is 49.4 Å². The van der Waals surface area contributed by atoms with Crippen LogP contribution in [0, 0.1) is 18.8 Å². The lowest BCUT2D eigenvalue weighted by Crippen LogP contribution is -2.63. The number of benzene rings is 1. The van der Waals surface area contributed by atoms with Crippen molar-refractivity contribution in [1.82, 2.24) is 4.90 Å². The summed E-state index contributed by atoms with van der Waals surface area (Å²) >= 11 is 0. The fraction of sp³-hybridized carbons (Fsp3) is 0.652. The second-order valence-electron chi connectivity index (χ2n) is 8.80. The van der Waals surface area contributed by atoms with Crippen molar-refractivity contribution >= 4 is 5.69 Å². The highest BCUT2D eigenvalue weighted by molar-refractivity contribution is 5.69. The van der Waals surface area contributed by atoms with Gasteiger partial charge in [-0.1, -0.05) is 19.4 Å². The lowest BCUT2D eigenvalue weighted by molar-refractivity contribution is -0.0815. The maximum Gasteiger partial charge on any atom is 0.130 e. The third-order valence-electron chi connectivity index (χ3n) is 7.40. The molecule has 0 aliphatic carbocycles. The van der Waals surface area contributed by atoms with Gasteiger partial charge in [0.25, 0.3) is 0 Å². The van der Waals surface area contributed by atoms with Crippen LogP contribution in [0.5, 0.6) is 5.75 Å². The van der Waals surface area contributed by atoms with Gasteiger partial charge in [0.15, 0.2) is 0 Å². The third-order valence-corrected chi connectivity index (χ3v) is 7.40. The molecule has 2 N–H and O–H groups in total. The van der Waals surface area contributed by atoms with Gasteiger partial charge in [0.1, 0.15) is 11.4 Å². The molecule has 3 aliphatic heterocycles. The summed E-state index contributed by atoms with van der Waals surface area (Å²) in [6.07, 6.45) is 4.85. The van der Waals surface area contributed by atoms with Crippen molar-refractivity contribution in [3.63, 3.8) is 0 Å². The number of rotatable bonds is 4. The number of allylic oxidation sites excluding steroid dienone is 1. The quantitative estimate of drug-likeness (QED) is 0.774. The first kappa shape index (κ1) is 19.6. The maximum atomic E-state index is 11.9. The summed E-state index contributed by atoms with van der Waals surface area (Å²) in [7, 11) is 3.43. The van der Waals surface area contributed by atoms with E-state index in [-0.39, 0.29) is 6.04 Å². The number of nitrogens with one attached hydrogen (secondary N) is 1. The van der Waals surface area contributed by atoms with E-state index >= 15 is 0 Å². The van der Waals surface area contributed by atoms with Gasteiger partial charge in [0.2, 0.25) is 0 Å². The lowest BCUT2D eigenvalue weighted by atomic mass is 9.69. The van der Waals surface area contributed by atoms with E-state index < -0.39 is 5.60 Å². The van der Waals surface area contributed by atoms with Crippen LogP contribution < -0.4 is 10.1 Å². The van der Waals surface area contributed by atoms with Crippen LogP contribution in [0.4, 0.5) is 5.69 Å². The van der Waals surface area contributed by atoms with Gasteiger partial charge in [-0.25, -0.2) is 0 Å². The van der Waals surface area contributed by atoms with Crippen LogP contribution in [0.1, 0.15) is 44.2 Å². The molecule has 5 atom stereocenters. The molecule has 5 nitrogen and oxygen atoms in total. The summed E-state index contributed by atoms with van der Waals surface area (Å²) in [5.41, 5.74) is 3.49. The second kappa shape index (κ2) is 7.27. The van der Waals surface area contributed by atoms with Crippen LogP contribution in [0.3, 0.4) is 0 Å². The first-order valence-corrected chi connectivity index (χ1v) is 10.5. The van der Waals surface area contributed by atoms with Crippen molar-refractivity contribution in [2.45, 2.75) is 57.7 Å². The van der Waals surface area contributed by atoms with Gasteiger partial charge >= 0.3 is 0 Å². The normalized spacial score (nSPS) is 34.9. The highest BCUT2D eigenvalue weighted by Gasteiger charge is 2.56. The van der Waals surface area contributed by atoms with E-state index in [4.69, 9.17) is 9.47 Å². The Bertz CT molecular complexity index is 777. The van der Waals surface area contributed by atoms with E-state index in [9.17, 15) is 5.11 Å². The molecule has 0 amide bonds. The van der Waals surface area contributed by atoms with Gasteiger partial charge < -0.3 is 19.9 Å². The molecule has 154 valence electrons. The molecule has 0 radical (unpaired) electrons. The van der Waals surface area contributed by atoms with E-state index in [0.29, 0.717) is 17.9 Å². The van der Waals surface area contributed by atoms with Gasteiger partial charge in [-0.3, -0.25) is 4.90 Å². The zero-order chi connectivity index (χ0) is 20.1. The monoisotopic (exact) mass is 386 g/mol. The first-order valence-electron chi connectivity index (χ1n) is 10.5. The number of fused-ring (bicyclic) bond motifs is 5. The molecule has 0 unspecified atom stereocenters. The van der Waals surface area contributed by atoms with Gasteiger partial charge in [0, 0.05) is 24.8 Å². The van der Waals surface area contributed by atoms with Crippen LogP contribution in [0.25, 0.3) is 0 Å². The topological polar surface area (TPSA) is 54.0 Å². The summed E-state index contributed by atoms with van der Waals surface area (Å²) in [5.74, 6) is 1.95. The Kier molecular flexibility index (Phi) is 5.09. The smallest absolute Gasteiger partial charge is 0.130 e. The highest BCUT2D eigenvalue weighted by atomic mass is 16.5. The van der Waals surface area contributed by atoms with Gasteiger partial charge in [0.05, 0.1) is 32.1 Å². The molecule has 0 saturated carbocycles. The lowest BCUT2D eigenvalue weighted by Gasteiger charge is -2.53. The average molecular weight is 387 g/mol. The minimum absolute atomic E-state index is 0.0115. The van der Waals surface area contributed by atoms with Crippen molar-refractivity contribution in [2.75, 3.05) is 32.6 Å². The Labute approximate surface area is 168 Å². The summed E-state index contributed by atoms with van der Waals surface area (Å²) in [4.78, 5) is 2.60. The van der Waals surface area contributed by atoms with Crippen LogP contribution in [-0.2, 0) is 10.3 Å². The molecule has 2 fully saturated rings. The summed E-state index contributed by atoms with van der Waals surface area (Å²) in [6, 6.07) is 4.46. The number of aliphatic hydroxyl groups is 1. The fourth-order valence-corrected chi connectivity index (χ4v) is 5.97. The fourth-order valence-electron chi connectivity index (χ4n) is 5.97. The van der Waals surface area contributed by atoms with Gasteiger partial charge in [-0.05, 0) is 55.7 Å². The van der Waals surface area contributed by atoms with Crippen LogP contribution >= 0.6 is 0 Å². The van der Waals surface area contributed by atoms with E-state index in [1.165, 1.54) is 12.0 Å². The third kappa shape index (κ3) is 2.82. The molecule has 28 heavy (non-hydrogen) atoms. The number of ether oxygens (including phenoxy) is 2. The Morgan fingerprint density at radius 2 is 2.18 bits per heavy atom. The Hall–Kier alpha value is -1.72. The summed E-state index contributed by atoms with van der Waals surface area (Å²) in [5, 5.41) is 15.6. The number of piperidine rings is 2. The number of methoxy groups -OCH3 is 2. The highest BCUT2D eigenvalue weighted by Crippen LogP contribution is 2.53. The molecule has 0 bridgehead atoms. The van der Waals surface area contributed by atoms with Gasteiger partial charge in [-0.15, -0.1) is 0 Å². The minimum atomic E-state index is -0.879. The van der Waals surface area contributed by atoms with E-state index in [1.54, 1.807) is 14.2 Å². The molecular formula is C23H34N2O3. The molecule has 1 aromatic rings. The summed E-state index contributed by atoms with van der Waals surface area (Å²) in [6.45, 7) is 8.53. The van der Waals surface area contributed by atoms with Crippen molar-refractivity contribution in [1.29, 1.82) is 0 Å². The number of aryl methyl sites for hydroxylation is 1.